The van der Waals surface area contributed by atoms with Crippen LogP contribution in [0.1, 0.15) is 31.5 Å². The summed E-state index contributed by atoms with van der Waals surface area (Å²) in [5.41, 5.74) is 5.72. The van der Waals surface area contributed by atoms with Crippen LogP contribution in [0.2, 0.25) is 0 Å². The second kappa shape index (κ2) is 8.03. The number of nitrogens with zero attached hydrogens (tertiary/aromatic N) is 2. The Balaban J connectivity index is 1.84. The highest BCUT2D eigenvalue weighted by molar-refractivity contribution is 5.95. The van der Waals surface area contributed by atoms with Crippen LogP contribution in [0.3, 0.4) is 0 Å². The molecule has 148 valence electrons. The molecule has 1 aliphatic rings. The van der Waals surface area contributed by atoms with E-state index < -0.39 is 0 Å². The van der Waals surface area contributed by atoms with Gasteiger partial charge in [0.1, 0.15) is 11.4 Å². The number of rotatable bonds is 5. The van der Waals surface area contributed by atoms with Crippen molar-refractivity contribution in [3.63, 3.8) is 0 Å². The van der Waals surface area contributed by atoms with Crippen molar-refractivity contribution in [1.82, 2.24) is 9.97 Å². The fraction of sp³-hybridized carbons (Fsp3) is 0.292. The molecule has 1 aromatic heterocycles. The van der Waals surface area contributed by atoms with Crippen LogP contribution in [0, 0.1) is 5.92 Å². The molecule has 0 bridgehead atoms. The molecule has 0 saturated carbocycles. The van der Waals surface area contributed by atoms with Gasteiger partial charge in [-0.25, -0.2) is 9.97 Å². The van der Waals surface area contributed by atoms with E-state index in [2.05, 4.69) is 11.4 Å². The topological polar surface area (TPSA) is 64.1 Å². The smallest absolute Gasteiger partial charge is 0.228 e. The molecule has 1 atom stereocenters. The predicted octanol–water partition coefficient (Wildman–Crippen LogP) is 4.90. The number of ether oxygens (including phenoxy) is 1. The molecule has 0 aliphatic heterocycles. The van der Waals surface area contributed by atoms with Crippen LogP contribution in [0.4, 0.5) is 5.82 Å². The summed E-state index contributed by atoms with van der Waals surface area (Å²) in [4.78, 5) is 22.4. The first kappa shape index (κ1) is 19.1. The molecule has 5 nitrogen and oxygen atoms in total. The van der Waals surface area contributed by atoms with Crippen molar-refractivity contribution in [2.45, 2.75) is 33.1 Å². The number of anilines is 1. The summed E-state index contributed by atoms with van der Waals surface area (Å²) in [6.45, 7) is 3.93. The number of benzene rings is 2. The number of hydrogen-bond acceptors (Lipinski definition) is 4. The maximum atomic E-state index is 12.6. The predicted molar refractivity (Wildman–Crippen MR) is 115 cm³/mol. The third-order valence-corrected chi connectivity index (χ3v) is 5.52. The Morgan fingerprint density at radius 3 is 2.62 bits per heavy atom. The summed E-state index contributed by atoms with van der Waals surface area (Å²) in [5, 5.41) is 3.02. The minimum absolute atomic E-state index is 0.0279. The molecule has 1 heterocycles. The quantitative estimate of drug-likeness (QED) is 0.676. The maximum Gasteiger partial charge on any atom is 0.228 e. The summed E-state index contributed by atoms with van der Waals surface area (Å²) in [5.74, 6) is 1.28. The van der Waals surface area contributed by atoms with Gasteiger partial charge in [0.2, 0.25) is 5.91 Å². The molecule has 0 fully saturated rings. The molecular formula is C24H25N3O2. The molecular weight excluding hydrogens is 362 g/mol. The molecule has 5 heteroatoms. The van der Waals surface area contributed by atoms with E-state index >= 15 is 0 Å². The highest BCUT2D eigenvalue weighted by Gasteiger charge is 2.24. The van der Waals surface area contributed by atoms with Gasteiger partial charge in [-0.15, -0.1) is 0 Å². The number of nitrogens with one attached hydrogen (secondary N) is 1. The van der Waals surface area contributed by atoms with Gasteiger partial charge in [0.05, 0.1) is 18.5 Å². The van der Waals surface area contributed by atoms with Crippen LogP contribution in [0.15, 0.2) is 48.5 Å². The van der Waals surface area contributed by atoms with Crippen LogP contribution in [0.5, 0.6) is 5.75 Å². The van der Waals surface area contributed by atoms with Gasteiger partial charge >= 0.3 is 0 Å². The Bertz CT molecular complexity index is 1050. The van der Waals surface area contributed by atoms with Crippen molar-refractivity contribution < 1.29 is 9.53 Å². The monoisotopic (exact) mass is 387 g/mol. The van der Waals surface area contributed by atoms with Gasteiger partial charge in [0.25, 0.3) is 0 Å². The lowest BCUT2D eigenvalue weighted by atomic mass is 9.91. The number of carbonyl (C=O) groups is 1. The first-order valence-corrected chi connectivity index (χ1v) is 10.0. The summed E-state index contributed by atoms with van der Waals surface area (Å²) in [7, 11) is 1.68. The van der Waals surface area contributed by atoms with Crippen molar-refractivity contribution in [1.29, 1.82) is 0 Å². The summed E-state index contributed by atoms with van der Waals surface area (Å²) >= 11 is 0. The standard InChI is InChI=1S/C24H25N3O2/c1-4-15(2)24(28)27-23-21(16-8-6-5-7-9-16)26-22-19-12-11-18(29-3)14-17(19)10-13-20(22)25-23/h5-9,11-12,14-15H,4,10,13H2,1-3H3,(H,25,27,28). The number of fused-ring (bicyclic) bond motifs is 3. The molecule has 0 radical (unpaired) electrons. The molecule has 1 aliphatic carbocycles. The number of carbonyl (C=O) groups excluding carboxylic acids is 1. The molecule has 2 aromatic carbocycles. The maximum absolute atomic E-state index is 12.6. The van der Waals surface area contributed by atoms with Gasteiger partial charge in [-0.1, -0.05) is 44.2 Å². The Morgan fingerprint density at radius 1 is 1.10 bits per heavy atom. The van der Waals surface area contributed by atoms with E-state index in [-0.39, 0.29) is 11.8 Å². The van der Waals surface area contributed by atoms with E-state index in [0.29, 0.717) is 11.5 Å². The van der Waals surface area contributed by atoms with Crippen LogP contribution >= 0.6 is 0 Å². The average molecular weight is 387 g/mol. The number of amides is 1. The van der Waals surface area contributed by atoms with E-state index in [0.717, 1.165) is 47.5 Å². The van der Waals surface area contributed by atoms with E-state index in [1.807, 2.05) is 56.3 Å². The van der Waals surface area contributed by atoms with Gasteiger partial charge in [0, 0.05) is 17.0 Å². The van der Waals surface area contributed by atoms with Crippen molar-refractivity contribution >= 4 is 11.7 Å². The van der Waals surface area contributed by atoms with E-state index in [1.54, 1.807) is 7.11 Å². The lowest BCUT2D eigenvalue weighted by molar-refractivity contribution is -0.119. The van der Waals surface area contributed by atoms with Crippen molar-refractivity contribution in [3.8, 4) is 28.3 Å². The minimum Gasteiger partial charge on any atom is -0.497 e. The van der Waals surface area contributed by atoms with Crippen LogP contribution < -0.4 is 10.1 Å². The fourth-order valence-corrected chi connectivity index (χ4v) is 3.56. The molecule has 0 spiro atoms. The largest absolute Gasteiger partial charge is 0.497 e. The van der Waals surface area contributed by atoms with E-state index in [9.17, 15) is 4.79 Å². The van der Waals surface area contributed by atoms with Crippen molar-refractivity contribution in [3.05, 3.63) is 59.8 Å². The third-order valence-electron chi connectivity index (χ3n) is 5.52. The zero-order chi connectivity index (χ0) is 20.4. The average Bonchev–Trinajstić information content (AvgIpc) is 2.77. The van der Waals surface area contributed by atoms with Crippen molar-refractivity contribution in [2.75, 3.05) is 12.4 Å². The van der Waals surface area contributed by atoms with Gasteiger partial charge < -0.3 is 10.1 Å². The zero-order valence-electron chi connectivity index (χ0n) is 17.0. The minimum atomic E-state index is -0.0790. The molecule has 1 unspecified atom stereocenters. The number of aryl methyl sites for hydroxylation is 2. The SMILES string of the molecule is CCC(C)C(=O)Nc1nc2c(nc1-c1ccccc1)-c1ccc(OC)cc1CC2. The first-order chi connectivity index (χ1) is 14.1. The Hall–Kier alpha value is -3.21. The number of methoxy groups -OCH3 is 1. The summed E-state index contributed by atoms with van der Waals surface area (Å²) in [6.07, 6.45) is 2.43. The van der Waals surface area contributed by atoms with Crippen LogP contribution in [-0.4, -0.2) is 23.0 Å². The van der Waals surface area contributed by atoms with Crippen LogP contribution in [-0.2, 0) is 17.6 Å². The van der Waals surface area contributed by atoms with Crippen molar-refractivity contribution in [2.24, 2.45) is 5.92 Å². The molecule has 1 amide bonds. The first-order valence-electron chi connectivity index (χ1n) is 10.0. The van der Waals surface area contributed by atoms with Gasteiger partial charge in [-0.2, -0.15) is 0 Å². The van der Waals surface area contributed by atoms with Gasteiger partial charge in [0.15, 0.2) is 5.82 Å². The number of hydrogen-bond donors (Lipinski definition) is 1. The zero-order valence-corrected chi connectivity index (χ0v) is 17.0. The summed E-state index contributed by atoms with van der Waals surface area (Å²) in [6, 6.07) is 16.0. The molecule has 0 saturated heterocycles. The molecule has 29 heavy (non-hydrogen) atoms. The van der Waals surface area contributed by atoms with Crippen LogP contribution in [0.25, 0.3) is 22.5 Å². The van der Waals surface area contributed by atoms with E-state index in [1.165, 1.54) is 5.56 Å². The van der Waals surface area contributed by atoms with Gasteiger partial charge in [-0.05, 0) is 43.0 Å². The molecule has 1 N–H and O–H groups in total. The lowest BCUT2D eigenvalue weighted by Crippen LogP contribution is -2.22. The lowest BCUT2D eigenvalue weighted by Gasteiger charge is -2.22. The second-order valence-corrected chi connectivity index (χ2v) is 7.40. The Morgan fingerprint density at radius 2 is 1.90 bits per heavy atom. The molecule has 3 aromatic rings. The Kier molecular flexibility index (Phi) is 5.30. The number of aromatic nitrogens is 2. The normalized spacial score (nSPS) is 13.2. The highest BCUT2D eigenvalue weighted by atomic mass is 16.5. The Labute approximate surface area is 171 Å². The highest BCUT2D eigenvalue weighted by Crippen LogP contribution is 2.37. The summed E-state index contributed by atoms with van der Waals surface area (Å²) < 4.78 is 5.37. The fourth-order valence-electron chi connectivity index (χ4n) is 3.56. The van der Waals surface area contributed by atoms with E-state index in [4.69, 9.17) is 14.7 Å². The van der Waals surface area contributed by atoms with Gasteiger partial charge in [-0.3, -0.25) is 4.79 Å². The molecule has 4 rings (SSSR count). The third kappa shape index (κ3) is 3.73. The second-order valence-electron chi connectivity index (χ2n) is 7.40.